The predicted molar refractivity (Wildman–Crippen MR) is 93.5 cm³/mol. The van der Waals surface area contributed by atoms with Crippen LogP contribution in [0.25, 0.3) is 0 Å². The molecule has 0 spiro atoms. The zero-order valence-electron chi connectivity index (χ0n) is 15.1. The van der Waals surface area contributed by atoms with Gasteiger partial charge in [0, 0.05) is 33.0 Å². The highest BCUT2D eigenvalue weighted by Crippen LogP contribution is 2.35. The molecule has 25 heavy (non-hydrogen) atoms. The maximum atomic E-state index is 11.5. The molecule has 1 atom stereocenters. The molecule has 2 aliphatic heterocycles. The van der Waals surface area contributed by atoms with Crippen LogP contribution in [0.1, 0.15) is 57.0 Å². The van der Waals surface area contributed by atoms with Crippen LogP contribution in [0.5, 0.6) is 0 Å². The molecule has 136 valence electrons. The second-order valence-corrected chi connectivity index (χ2v) is 6.98. The van der Waals surface area contributed by atoms with Crippen LogP contribution >= 0.6 is 0 Å². The molecule has 1 aromatic heterocycles. The average molecular weight is 345 g/mol. The van der Waals surface area contributed by atoms with Crippen LogP contribution in [-0.4, -0.2) is 57.3 Å². The smallest absolute Gasteiger partial charge is 0.219 e. The summed E-state index contributed by atoms with van der Waals surface area (Å²) in [6.07, 6.45) is 7.86. The van der Waals surface area contributed by atoms with Crippen molar-refractivity contribution in [2.45, 2.75) is 58.2 Å². The number of hydrogen-bond acceptors (Lipinski definition) is 5. The Bertz CT molecular complexity index is 628. The predicted octanol–water partition coefficient (Wildman–Crippen LogP) is 1.26. The lowest BCUT2D eigenvalue weighted by Crippen LogP contribution is -2.46. The Balaban J connectivity index is 1.66. The molecule has 7 heteroatoms. The molecule has 1 N–H and O–H groups in total. The molecule has 2 amide bonds. The van der Waals surface area contributed by atoms with E-state index in [4.69, 9.17) is 4.98 Å². The second-order valence-electron chi connectivity index (χ2n) is 6.98. The van der Waals surface area contributed by atoms with Gasteiger partial charge in [-0.15, -0.1) is 0 Å². The first kappa shape index (κ1) is 17.8. The molecule has 1 aromatic rings. The lowest BCUT2D eigenvalue weighted by atomic mass is 10.0. The van der Waals surface area contributed by atoms with E-state index in [1.54, 1.807) is 13.1 Å². The van der Waals surface area contributed by atoms with Gasteiger partial charge in [0.05, 0.1) is 36.4 Å². The van der Waals surface area contributed by atoms with Gasteiger partial charge in [0.15, 0.2) is 0 Å². The topological polar surface area (TPSA) is 78.4 Å². The van der Waals surface area contributed by atoms with E-state index in [0.29, 0.717) is 18.6 Å². The van der Waals surface area contributed by atoms with Gasteiger partial charge in [-0.1, -0.05) is 0 Å². The van der Waals surface area contributed by atoms with E-state index >= 15 is 0 Å². The van der Waals surface area contributed by atoms with Crippen LogP contribution < -0.4 is 5.32 Å². The SMILES string of the molecule is CC(=O)NCc1cncc(C2CCCN2C2CCN(C(C)=O)CC2)n1. The second kappa shape index (κ2) is 7.91. The number of likely N-dealkylation sites (tertiary alicyclic amines) is 2. The van der Waals surface area contributed by atoms with E-state index in [-0.39, 0.29) is 11.8 Å². The molecular weight excluding hydrogens is 318 g/mol. The summed E-state index contributed by atoms with van der Waals surface area (Å²) in [5.41, 5.74) is 1.79. The van der Waals surface area contributed by atoms with Gasteiger partial charge in [0.2, 0.25) is 11.8 Å². The minimum absolute atomic E-state index is 0.0630. The van der Waals surface area contributed by atoms with Crippen molar-refractivity contribution in [1.82, 2.24) is 25.1 Å². The highest BCUT2D eigenvalue weighted by atomic mass is 16.2. The van der Waals surface area contributed by atoms with Gasteiger partial charge >= 0.3 is 0 Å². The fourth-order valence-corrected chi connectivity index (χ4v) is 3.94. The van der Waals surface area contributed by atoms with E-state index in [2.05, 4.69) is 15.2 Å². The Labute approximate surface area is 148 Å². The molecule has 3 rings (SSSR count). The van der Waals surface area contributed by atoms with Gasteiger partial charge in [0.25, 0.3) is 0 Å². The average Bonchev–Trinajstić information content (AvgIpc) is 3.10. The number of nitrogens with zero attached hydrogens (tertiary/aromatic N) is 4. The highest BCUT2D eigenvalue weighted by molar-refractivity contribution is 5.73. The lowest BCUT2D eigenvalue weighted by molar-refractivity contribution is -0.130. The summed E-state index contributed by atoms with van der Waals surface area (Å²) in [6.45, 7) is 6.33. The van der Waals surface area contributed by atoms with Crippen molar-refractivity contribution in [1.29, 1.82) is 0 Å². The standard InChI is InChI=1S/C18H27N5O2/c1-13(24)20-11-15-10-19-12-17(21-15)18-4-3-7-23(18)16-5-8-22(9-6-16)14(2)25/h10,12,16,18H,3-9,11H2,1-2H3,(H,20,24). The molecule has 2 fully saturated rings. The van der Waals surface area contributed by atoms with Crippen LogP contribution in [0.3, 0.4) is 0 Å². The third-order valence-electron chi connectivity index (χ3n) is 5.24. The van der Waals surface area contributed by atoms with Gasteiger partial charge in [-0.2, -0.15) is 0 Å². The highest BCUT2D eigenvalue weighted by Gasteiger charge is 2.34. The first-order chi connectivity index (χ1) is 12.0. The summed E-state index contributed by atoms with van der Waals surface area (Å²) in [5.74, 6) is 0.111. The fourth-order valence-electron chi connectivity index (χ4n) is 3.94. The van der Waals surface area contributed by atoms with Gasteiger partial charge < -0.3 is 10.2 Å². The first-order valence-electron chi connectivity index (χ1n) is 9.11. The number of aromatic nitrogens is 2. The van der Waals surface area contributed by atoms with Gasteiger partial charge in [-0.05, 0) is 32.2 Å². The van der Waals surface area contributed by atoms with Crippen molar-refractivity contribution >= 4 is 11.8 Å². The molecule has 0 bridgehead atoms. The van der Waals surface area contributed by atoms with Gasteiger partial charge in [0.1, 0.15) is 0 Å². The fraction of sp³-hybridized carbons (Fsp3) is 0.667. The van der Waals surface area contributed by atoms with E-state index in [9.17, 15) is 9.59 Å². The maximum absolute atomic E-state index is 11.5. The summed E-state index contributed by atoms with van der Waals surface area (Å²) in [5, 5.41) is 2.78. The zero-order chi connectivity index (χ0) is 17.8. The summed E-state index contributed by atoms with van der Waals surface area (Å²) in [6, 6.07) is 0.794. The van der Waals surface area contributed by atoms with E-state index < -0.39 is 0 Å². The number of carbonyl (C=O) groups is 2. The van der Waals surface area contributed by atoms with Crippen molar-refractivity contribution in [3.8, 4) is 0 Å². The normalized spacial score (nSPS) is 22.2. The molecule has 2 saturated heterocycles. The van der Waals surface area contributed by atoms with Crippen molar-refractivity contribution in [3.63, 3.8) is 0 Å². The minimum Gasteiger partial charge on any atom is -0.351 e. The van der Waals surface area contributed by atoms with E-state index in [1.807, 2.05) is 11.1 Å². The van der Waals surface area contributed by atoms with Crippen LogP contribution in [0, 0.1) is 0 Å². The van der Waals surface area contributed by atoms with Crippen LogP contribution in [0.15, 0.2) is 12.4 Å². The van der Waals surface area contributed by atoms with Crippen LogP contribution in [0.4, 0.5) is 0 Å². The quantitative estimate of drug-likeness (QED) is 0.889. The molecule has 3 heterocycles. The Kier molecular flexibility index (Phi) is 5.63. The number of carbonyl (C=O) groups excluding carboxylic acids is 2. The van der Waals surface area contributed by atoms with Crippen LogP contribution in [-0.2, 0) is 16.1 Å². The van der Waals surface area contributed by atoms with Gasteiger partial charge in [-0.3, -0.25) is 24.5 Å². The third kappa shape index (κ3) is 4.34. The summed E-state index contributed by atoms with van der Waals surface area (Å²) in [7, 11) is 0. The van der Waals surface area contributed by atoms with Crippen molar-refractivity contribution < 1.29 is 9.59 Å². The Morgan fingerprint density at radius 3 is 2.60 bits per heavy atom. The summed E-state index contributed by atoms with van der Waals surface area (Å²) < 4.78 is 0. The molecular formula is C18H27N5O2. The monoisotopic (exact) mass is 345 g/mol. The van der Waals surface area contributed by atoms with Crippen LogP contribution in [0.2, 0.25) is 0 Å². The van der Waals surface area contributed by atoms with E-state index in [1.165, 1.54) is 6.92 Å². The van der Waals surface area contributed by atoms with Crippen molar-refractivity contribution in [2.24, 2.45) is 0 Å². The third-order valence-corrected chi connectivity index (χ3v) is 5.24. The number of nitrogens with one attached hydrogen (secondary N) is 1. The zero-order valence-corrected chi connectivity index (χ0v) is 15.1. The molecule has 0 saturated carbocycles. The molecule has 2 aliphatic rings. The molecule has 7 nitrogen and oxygen atoms in total. The Morgan fingerprint density at radius 1 is 1.16 bits per heavy atom. The lowest BCUT2D eigenvalue weighted by Gasteiger charge is -2.39. The largest absolute Gasteiger partial charge is 0.351 e. The minimum atomic E-state index is -0.0630. The Hall–Kier alpha value is -2.02. The van der Waals surface area contributed by atoms with Crippen molar-refractivity contribution in [3.05, 3.63) is 23.8 Å². The van der Waals surface area contributed by atoms with Gasteiger partial charge in [-0.25, -0.2) is 0 Å². The molecule has 0 aliphatic carbocycles. The van der Waals surface area contributed by atoms with E-state index in [0.717, 1.165) is 56.7 Å². The first-order valence-corrected chi connectivity index (χ1v) is 9.11. The van der Waals surface area contributed by atoms with Crippen molar-refractivity contribution in [2.75, 3.05) is 19.6 Å². The number of hydrogen-bond donors (Lipinski definition) is 1. The Morgan fingerprint density at radius 2 is 1.92 bits per heavy atom. The number of rotatable bonds is 4. The molecule has 0 radical (unpaired) electrons. The molecule has 1 unspecified atom stereocenters. The summed E-state index contributed by atoms with van der Waals surface area (Å²) in [4.78, 5) is 36.2. The number of piperidine rings is 1. The summed E-state index contributed by atoms with van der Waals surface area (Å²) >= 11 is 0. The number of amides is 2. The maximum Gasteiger partial charge on any atom is 0.219 e. The molecule has 0 aromatic carbocycles.